The van der Waals surface area contributed by atoms with Gasteiger partial charge in [-0.2, -0.15) is 0 Å². The molecular weight excluding hydrogens is 326 g/mol. The smallest absolute Gasteiger partial charge is 0.160 e. The van der Waals surface area contributed by atoms with E-state index in [0.717, 1.165) is 55.2 Å². The van der Waals surface area contributed by atoms with Gasteiger partial charge in [0.05, 0.1) is 12.7 Å². The van der Waals surface area contributed by atoms with Crippen molar-refractivity contribution in [2.24, 2.45) is 5.92 Å². The first kappa shape index (κ1) is 18.7. The van der Waals surface area contributed by atoms with Crippen LogP contribution >= 0.6 is 0 Å². The van der Waals surface area contributed by atoms with Crippen molar-refractivity contribution in [1.82, 2.24) is 5.32 Å². The molecule has 4 heteroatoms. The fourth-order valence-corrected chi connectivity index (χ4v) is 4.19. The van der Waals surface area contributed by atoms with Gasteiger partial charge in [-0.3, -0.25) is 9.59 Å². The Morgan fingerprint density at radius 2 is 1.88 bits per heavy atom. The summed E-state index contributed by atoms with van der Waals surface area (Å²) in [6.07, 6.45) is 10.1. The molecule has 1 aliphatic carbocycles. The molecule has 1 aromatic rings. The summed E-state index contributed by atoms with van der Waals surface area (Å²) in [6.45, 7) is 4.25. The molecule has 3 rings (SSSR count). The molecule has 0 bridgehead atoms. The lowest BCUT2D eigenvalue weighted by Gasteiger charge is -2.36. The molecule has 26 heavy (non-hydrogen) atoms. The third kappa shape index (κ3) is 4.00. The first-order chi connectivity index (χ1) is 12.4. The Labute approximate surface area is 156 Å². The third-order valence-electron chi connectivity index (χ3n) is 5.52. The number of hydrogen-bond acceptors (Lipinski definition) is 4. The highest BCUT2D eigenvalue weighted by Crippen LogP contribution is 2.34. The van der Waals surface area contributed by atoms with Crippen molar-refractivity contribution in [2.75, 3.05) is 7.11 Å². The van der Waals surface area contributed by atoms with E-state index < -0.39 is 0 Å². The molecule has 0 atom stereocenters. The fourth-order valence-electron chi connectivity index (χ4n) is 4.19. The highest BCUT2D eigenvalue weighted by Gasteiger charge is 2.30. The number of ether oxygens (including phenoxy) is 1. The monoisotopic (exact) mass is 355 g/mol. The summed E-state index contributed by atoms with van der Waals surface area (Å²) < 4.78 is 5.36. The predicted molar refractivity (Wildman–Crippen MR) is 103 cm³/mol. The maximum absolute atomic E-state index is 12.9. The van der Waals surface area contributed by atoms with Crippen molar-refractivity contribution in [1.29, 1.82) is 0 Å². The lowest BCUT2D eigenvalue weighted by molar-refractivity contribution is -0.118. The van der Waals surface area contributed by atoms with Crippen LogP contribution in [-0.4, -0.2) is 24.7 Å². The predicted octanol–water partition coefficient (Wildman–Crippen LogP) is 4.31. The summed E-state index contributed by atoms with van der Waals surface area (Å²) in [4.78, 5) is 24.3. The van der Waals surface area contributed by atoms with Crippen LogP contribution in [0.1, 0.15) is 73.9 Å². The zero-order chi connectivity index (χ0) is 18.7. The normalized spacial score (nSPS) is 21.4. The van der Waals surface area contributed by atoms with E-state index in [1.54, 1.807) is 13.2 Å². The number of allylic oxidation sites excluding steroid dienone is 1. The van der Waals surface area contributed by atoms with Gasteiger partial charge >= 0.3 is 0 Å². The number of hydrogen-bond donors (Lipinski definition) is 1. The highest BCUT2D eigenvalue weighted by atomic mass is 16.5. The second-order valence-electron chi connectivity index (χ2n) is 8.20. The van der Waals surface area contributed by atoms with E-state index >= 15 is 0 Å². The number of methoxy groups -OCH3 is 1. The number of carbonyl (C=O) groups excluding carboxylic acids is 2. The van der Waals surface area contributed by atoms with Gasteiger partial charge in [0.1, 0.15) is 5.75 Å². The molecule has 1 aliphatic heterocycles. The van der Waals surface area contributed by atoms with Crippen molar-refractivity contribution >= 4 is 17.8 Å². The molecule has 1 fully saturated rings. The second-order valence-corrected chi connectivity index (χ2v) is 8.20. The van der Waals surface area contributed by atoms with Crippen LogP contribution < -0.4 is 10.1 Å². The van der Waals surface area contributed by atoms with Crippen molar-refractivity contribution in [3.63, 3.8) is 0 Å². The lowest BCUT2D eigenvalue weighted by atomic mass is 9.84. The molecule has 1 heterocycles. The van der Waals surface area contributed by atoms with E-state index in [0.29, 0.717) is 11.3 Å². The van der Waals surface area contributed by atoms with Crippen molar-refractivity contribution in [2.45, 2.75) is 64.3 Å². The molecule has 1 saturated carbocycles. The van der Waals surface area contributed by atoms with Crippen molar-refractivity contribution < 1.29 is 14.3 Å². The lowest BCUT2D eigenvalue weighted by Crippen LogP contribution is -2.44. The molecular formula is C22H29NO3. The fraction of sp³-hybridized carbons (Fsp3) is 0.545. The number of nitrogens with one attached hydrogen (secondary N) is 1. The van der Waals surface area contributed by atoms with Gasteiger partial charge in [0.2, 0.25) is 0 Å². The minimum atomic E-state index is -0.156. The topological polar surface area (TPSA) is 55.4 Å². The summed E-state index contributed by atoms with van der Waals surface area (Å²) in [5.74, 6) is 0.927. The van der Waals surface area contributed by atoms with Crippen LogP contribution in [0.2, 0.25) is 0 Å². The summed E-state index contributed by atoms with van der Waals surface area (Å²) in [5.41, 5.74) is 3.23. The first-order valence-electron chi connectivity index (χ1n) is 9.64. The van der Waals surface area contributed by atoms with Gasteiger partial charge in [-0.15, -0.1) is 0 Å². The average molecular weight is 355 g/mol. The molecule has 0 amide bonds. The highest BCUT2D eigenvalue weighted by molar-refractivity contribution is 5.99. The van der Waals surface area contributed by atoms with E-state index in [1.165, 1.54) is 12.8 Å². The summed E-state index contributed by atoms with van der Waals surface area (Å²) in [5, 5.41) is 3.51. The number of benzene rings is 1. The Kier molecular flexibility index (Phi) is 5.49. The minimum absolute atomic E-state index is 0.129. The van der Waals surface area contributed by atoms with Crippen molar-refractivity contribution in [3.8, 4) is 5.75 Å². The van der Waals surface area contributed by atoms with Gasteiger partial charge in [-0.1, -0.05) is 25.7 Å². The zero-order valence-corrected chi connectivity index (χ0v) is 16.1. The maximum atomic E-state index is 12.9. The minimum Gasteiger partial charge on any atom is -0.496 e. The zero-order valence-electron chi connectivity index (χ0n) is 16.1. The maximum Gasteiger partial charge on any atom is 0.160 e. The quantitative estimate of drug-likeness (QED) is 0.497. The van der Waals surface area contributed by atoms with Crippen LogP contribution in [0.3, 0.4) is 0 Å². The van der Waals surface area contributed by atoms with Gasteiger partial charge in [0.15, 0.2) is 12.1 Å². The van der Waals surface area contributed by atoms with E-state index in [9.17, 15) is 9.59 Å². The molecule has 4 nitrogen and oxygen atoms in total. The molecule has 0 aromatic heterocycles. The molecule has 0 radical (unpaired) electrons. The number of ketones is 1. The van der Waals surface area contributed by atoms with Crippen LogP contribution in [0.5, 0.6) is 5.75 Å². The molecule has 140 valence electrons. The number of carbonyl (C=O) groups is 2. The second kappa shape index (κ2) is 7.65. The van der Waals surface area contributed by atoms with Gasteiger partial charge in [0, 0.05) is 28.8 Å². The van der Waals surface area contributed by atoms with Gasteiger partial charge in [0.25, 0.3) is 0 Å². The molecule has 0 unspecified atom stereocenters. The van der Waals surface area contributed by atoms with E-state index in [4.69, 9.17) is 4.74 Å². The standard InChI is InChI=1S/C22H29NO3/c1-22(2)13-16-11-21(26-3)17(14-24)10-18(16)19(23-22)12-20(25)15-8-6-4-5-7-9-15/h10-12,14-15,23H,4-9,13H2,1-3H3. The molecule has 0 saturated heterocycles. The Morgan fingerprint density at radius 1 is 1.19 bits per heavy atom. The first-order valence-corrected chi connectivity index (χ1v) is 9.64. The summed E-state index contributed by atoms with van der Waals surface area (Å²) in [6, 6.07) is 3.78. The van der Waals surface area contributed by atoms with Crippen LogP contribution in [0, 0.1) is 5.92 Å². The van der Waals surface area contributed by atoms with Crippen molar-refractivity contribution in [3.05, 3.63) is 34.9 Å². The Bertz CT molecular complexity index is 725. The van der Waals surface area contributed by atoms with Crippen LogP contribution in [-0.2, 0) is 11.2 Å². The molecule has 1 N–H and O–H groups in total. The van der Waals surface area contributed by atoms with Crippen LogP contribution in [0.4, 0.5) is 0 Å². The van der Waals surface area contributed by atoms with Gasteiger partial charge < -0.3 is 10.1 Å². The largest absolute Gasteiger partial charge is 0.496 e. The van der Waals surface area contributed by atoms with E-state index in [1.807, 2.05) is 12.1 Å². The van der Waals surface area contributed by atoms with E-state index in [2.05, 4.69) is 19.2 Å². The van der Waals surface area contributed by atoms with E-state index in [-0.39, 0.29) is 17.2 Å². The number of fused-ring (bicyclic) bond motifs is 1. The summed E-state index contributed by atoms with van der Waals surface area (Å²) in [7, 11) is 1.58. The number of rotatable bonds is 4. The molecule has 0 spiro atoms. The average Bonchev–Trinajstić information content (AvgIpc) is 2.89. The summed E-state index contributed by atoms with van der Waals surface area (Å²) >= 11 is 0. The molecule has 1 aromatic carbocycles. The number of aldehydes is 1. The van der Waals surface area contributed by atoms with Gasteiger partial charge in [-0.25, -0.2) is 0 Å². The molecule has 2 aliphatic rings. The Balaban J connectivity index is 1.99. The SMILES string of the molecule is COc1cc2c(cc1C=O)C(=CC(=O)C1CCCCCC1)NC(C)(C)C2. The Hall–Kier alpha value is -2.10. The van der Waals surface area contributed by atoms with Gasteiger partial charge in [-0.05, 0) is 50.8 Å². The van der Waals surface area contributed by atoms with Crippen LogP contribution in [0.15, 0.2) is 18.2 Å². The van der Waals surface area contributed by atoms with Crippen LogP contribution in [0.25, 0.3) is 5.70 Å². The Morgan fingerprint density at radius 3 is 2.50 bits per heavy atom. The third-order valence-corrected chi connectivity index (χ3v) is 5.52.